The quantitative estimate of drug-likeness (QED) is 0.370. The first-order valence-corrected chi connectivity index (χ1v) is 10.2. The van der Waals surface area contributed by atoms with Gasteiger partial charge in [-0.15, -0.1) is 11.3 Å². The Balaban J connectivity index is 0.000000187. The van der Waals surface area contributed by atoms with E-state index in [1.807, 2.05) is 40.0 Å². The number of nitrogens with zero attached hydrogens (tertiary/aromatic N) is 5. The lowest BCUT2D eigenvalue weighted by Gasteiger charge is -1.68. The van der Waals surface area contributed by atoms with E-state index < -0.39 is 0 Å². The molecular formula is C19H27N5O2S2. The summed E-state index contributed by atoms with van der Waals surface area (Å²) >= 11 is 3.29. The molecule has 7 nitrogen and oxygen atoms in total. The van der Waals surface area contributed by atoms with Crippen molar-refractivity contribution in [3.05, 3.63) is 62.0 Å². The third kappa shape index (κ3) is 10.7. The number of thiazole rings is 1. The summed E-state index contributed by atoms with van der Waals surface area (Å²) in [5.74, 6) is 2.19. The highest BCUT2D eigenvalue weighted by molar-refractivity contribution is 7.11. The van der Waals surface area contributed by atoms with Gasteiger partial charge in [0, 0.05) is 28.9 Å². The van der Waals surface area contributed by atoms with Crippen molar-refractivity contribution in [1.82, 2.24) is 24.7 Å². The summed E-state index contributed by atoms with van der Waals surface area (Å²) in [7, 11) is 0. The summed E-state index contributed by atoms with van der Waals surface area (Å²) in [6, 6.07) is 3.96. The van der Waals surface area contributed by atoms with Crippen molar-refractivity contribution in [3.8, 4) is 0 Å². The number of aromatic nitrogens is 5. The van der Waals surface area contributed by atoms with Crippen molar-refractivity contribution in [2.24, 2.45) is 0 Å². The van der Waals surface area contributed by atoms with Crippen LogP contribution < -0.4 is 0 Å². The lowest BCUT2D eigenvalue weighted by Crippen LogP contribution is -1.70. The van der Waals surface area contributed by atoms with Gasteiger partial charge in [0.15, 0.2) is 5.82 Å². The van der Waals surface area contributed by atoms with Crippen molar-refractivity contribution in [2.45, 2.75) is 55.4 Å². The maximum atomic E-state index is 4.71. The molecule has 152 valence electrons. The van der Waals surface area contributed by atoms with Crippen molar-refractivity contribution in [2.75, 3.05) is 0 Å². The van der Waals surface area contributed by atoms with Crippen LogP contribution in [-0.2, 0) is 0 Å². The standard InChI is InChI=1S/C5H7NO.2C5H7NS.C4H6N2O/c1-4-3-5(2)7-6-4;1-4-3-6-5(2)7-4;1-4-3-5(2)7-6-4;1-3-5-4(2)7-6-3/h3*3H,1-2H3;1-2H3. The van der Waals surface area contributed by atoms with E-state index in [4.69, 9.17) is 4.52 Å². The lowest BCUT2D eigenvalue weighted by molar-refractivity contribution is 0.389. The smallest absolute Gasteiger partial charge is 0.223 e. The second kappa shape index (κ2) is 12.1. The Morgan fingerprint density at radius 3 is 1.64 bits per heavy atom. The van der Waals surface area contributed by atoms with Gasteiger partial charge in [-0.2, -0.15) is 9.36 Å². The van der Waals surface area contributed by atoms with Crippen molar-refractivity contribution in [1.29, 1.82) is 0 Å². The zero-order valence-electron chi connectivity index (χ0n) is 17.6. The molecule has 9 heteroatoms. The summed E-state index contributed by atoms with van der Waals surface area (Å²) in [6.45, 7) is 15.5. The van der Waals surface area contributed by atoms with Gasteiger partial charge in [0.05, 0.1) is 16.4 Å². The molecule has 0 aliphatic heterocycles. The van der Waals surface area contributed by atoms with Crippen LogP contribution in [0.25, 0.3) is 0 Å². The zero-order chi connectivity index (χ0) is 21.1. The molecule has 4 aromatic rings. The van der Waals surface area contributed by atoms with Crippen LogP contribution in [-0.4, -0.2) is 24.7 Å². The zero-order valence-corrected chi connectivity index (χ0v) is 19.2. The SMILES string of the molecule is Cc1cc(C)on1.Cc1cc(C)sn1.Cc1cnc(C)s1.Cc1noc(C)n1. The van der Waals surface area contributed by atoms with E-state index in [0.717, 1.165) is 22.2 Å². The Hall–Kier alpha value is -2.39. The first kappa shape index (κ1) is 23.6. The molecule has 0 radical (unpaired) electrons. The molecule has 0 bridgehead atoms. The Kier molecular flexibility index (Phi) is 10.3. The molecule has 28 heavy (non-hydrogen) atoms. The van der Waals surface area contributed by atoms with E-state index in [9.17, 15) is 0 Å². The lowest BCUT2D eigenvalue weighted by atomic mass is 10.4. The molecule has 0 amide bonds. The molecule has 0 aliphatic rings. The van der Waals surface area contributed by atoms with Crippen LogP contribution in [0.3, 0.4) is 0 Å². The van der Waals surface area contributed by atoms with Gasteiger partial charge in [-0.25, -0.2) is 4.98 Å². The fourth-order valence-corrected chi connectivity index (χ4v) is 3.09. The minimum atomic E-state index is 0.623. The van der Waals surface area contributed by atoms with E-state index in [1.165, 1.54) is 9.75 Å². The molecule has 4 rings (SSSR count). The molecule has 0 fully saturated rings. The Morgan fingerprint density at radius 1 is 0.786 bits per heavy atom. The third-order valence-electron chi connectivity index (χ3n) is 2.86. The normalized spacial score (nSPS) is 9.43. The first-order chi connectivity index (χ1) is 13.2. The number of rotatable bonds is 0. The molecule has 0 spiro atoms. The van der Waals surface area contributed by atoms with Crippen LogP contribution in [0.15, 0.2) is 27.4 Å². The van der Waals surface area contributed by atoms with Gasteiger partial charge in [-0.1, -0.05) is 10.3 Å². The highest BCUT2D eigenvalue weighted by atomic mass is 32.1. The maximum Gasteiger partial charge on any atom is 0.223 e. The predicted molar refractivity (Wildman–Crippen MR) is 113 cm³/mol. The topological polar surface area (TPSA) is 90.7 Å². The van der Waals surface area contributed by atoms with Crippen molar-refractivity contribution >= 4 is 22.9 Å². The van der Waals surface area contributed by atoms with E-state index in [0.29, 0.717) is 11.7 Å². The fraction of sp³-hybridized carbons (Fsp3) is 0.421. The van der Waals surface area contributed by atoms with Gasteiger partial charge in [0.2, 0.25) is 5.89 Å². The highest BCUT2D eigenvalue weighted by Gasteiger charge is 1.90. The molecule has 0 N–H and O–H groups in total. The molecule has 0 saturated carbocycles. The van der Waals surface area contributed by atoms with Gasteiger partial charge in [0.25, 0.3) is 0 Å². The number of aryl methyl sites for hydroxylation is 8. The number of hydrogen-bond acceptors (Lipinski definition) is 9. The van der Waals surface area contributed by atoms with E-state index in [-0.39, 0.29) is 0 Å². The molecule has 0 atom stereocenters. The molecule has 0 saturated heterocycles. The average Bonchev–Trinajstić information content (AvgIpc) is 3.37. The van der Waals surface area contributed by atoms with Crippen LogP contribution in [0.5, 0.6) is 0 Å². The highest BCUT2D eigenvalue weighted by Crippen LogP contribution is 2.08. The van der Waals surface area contributed by atoms with Crippen LogP contribution in [0, 0.1) is 55.4 Å². The first-order valence-electron chi connectivity index (χ1n) is 8.61. The van der Waals surface area contributed by atoms with Gasteiger partial charge < -0.3 is 9.05 Å². The van der Waals surface area contributed by atoms with E-state index in [1.54, 1.807) is 36.7 Å². The van der Waals surface area contributed by atoms with Gasteiger partial charge in [-0.3, -0.25) is 0 Å². The summed E-state index contributed by atoms with van der Waals surface area (Å²) in [4.78, 5) is 10.4. The minimum Gasteiger partial charge on any atom is -0.361 e. The van der Waals surface area contributed by atoms with Gasteiger partial charge >= 0.3 is 0 Å². The van der Waals surface area contributed by atoms with Gasteiger partial charge in [0.1, 0.15) is 5.76 Å². The van der Waals surface area contributed by atoms with Crippen molar-refractivity contribution < 1.29 is 9.05 Å². The molecule has 0 aliphatic carbocycles. The Morgan fingerprint density at radius 2 is 1.50 bits per heavy atom. The molecule has 4 heterocycles. The van der Waals surface area contributed by atoms with E-state index >= 15 is 0 Å². The minimum absolute atomic E-state index is 0.623. The Bertz CT molecular complexity index is 721. The average molecular weight is 422 g/mol. The van der Waals surface area contributed by atoms with Crippen LogP contribution in [0.1, 0.15) is 43.6 Å². The molecule has 0 unspecified atom stereocenters. The summed E-state index contributed by atoms with van der Waals surface area (Å²) in [5.41, 5.74) is 2.07. The summed E-state index contributed by atoms with van der Waals surface area (Å²) in [5, 5.41) is 8.32. The van der Waals surface area contributed by atoms with Crippen LogP contribution >= 0.6 is 22.9 Å². The summed E-state index contributed by atoms with van der Waals surface area (Å²) < 4.78 is 13.4. The Labute approximate surface area is 174 Å². The molecule has 4 aromatic heterocycles. The third-order valence-corrected chi connectivity index (χ3v) is 4.47. The second-order valence-electron chi connectivity index (χ2n) is 6.01. The predicted octanol–water partition coefficient (Wildman–Crippen LogP) is 5.50. The van der Waals surface area contributed by atoms with Crippen LogP contribution in [0.2, 0.25) is 0 Å². The largest absolute Gasteiger partial charge is 0.361 e. The number of hydrogen-bond donors (Lipinski definition) is 0. The van der Waals surface area contributed by atoms with E-state index in [2.05, 4.69) is 49.1 Å². The maximum absolute atomic E-state index is 4.71. The van der Waals surface area contributed by atoms with Crippen LogP contribution in [0.4, 0.5) is 0 Å². The molecular weight excluding hydrogens is 394 g/mol. The van der Waals surface area contributed by atoms with Gasteiger partial charge in [-0.05, 0) is 66.1 Å². The second-order valence-corrected chi connectivity index (χ2v) is 8.46. The van der Waals surface area contributed by atoms with Crippen molar-refractivity contribution in [3.63, 3.8) is 0 Å². The molecule has 0 aromatic carbocycles. The monoisotopic (exact) mass is 421 g/mol. The fourth-order valence-electron chi connectivity index (χ4n) is 1.85. The summed E-state index contributed by atoms with van der Waals surface area (Å²) in [6.07, 6.45) is 1.89.